The van der Waals surface area contributed by atoms with Gasteiger partial charge in [-0.2, -0.15) is 0 Å². The van der Waals surface area contributed by atoms with Crippen molar-refractivity contribution in [3.63, 3.8) is 0 Å². The molecule has 18 heavy (non-hydrogen) atoms. The molecule has 5 nitrogen and oxygen atoms in total. The molecule has 0 rings (SSSR count). The zero-order valence-corrected chi connectivity index (χ0v) is 11.6. The number of carbonyl (C=O) groups excluding carboxylic acids is 1. The molecule has 0 spiro atoms. The summed E-state index contributed by atoms with van der Waals surface area (Å²) in [6.45, 7) is 7.38. The maximum atomic E-state index is 10.8. The highest BCUT2D eigenvalue weighted by molar-refractivity contribution is 5.59. The standard InChI is InChI=1S/C13H26O5/c1-3-5-8-15-11-12-16-9-6-7-10-18-13(14)17-4-2/h3-12H2,1-2H3. The number of unbranched alkanes of at least 4 members (excludes halogenated alkanes) is 2. The van der Waals surface area contributed by atoms with Crippen LogP contribution in [0.15, 0.2) is 0 Å². The van der Waals surface area contributed by atoms with Gasteiger partial charge in [0, 0.05) is 13.2 Å². The first-order valence-electron chi connectivity index (χ1n) is 6.76. The fourth-order valence-corrected chi connectivity index (χ4v) is 1.19. The number of hydrogen-bond acceptors (Lipinski definition) is 5. The van der Waals surface area contributed by atoms with Gasteiger partial charge in [0.1, 0.15) is 0 Å². The Labute approximate surface area is 110 Å². The summed E-state index contributed by atoms with van der Waals surface area (Å²) >= 11 is 0. The van der Waals surface area contributed by atoms with Crippen LogP contribution in [0.2, 0.25) is 0 Å². The monoisotopic (exact) mass is 262 g/mol. The van der Waals surface area contributed by atoms with Crippen LogP contribution in [0.1, 0.15) is 39.5 Å². The van der Waals surface area contributed by atoms with E-state index in [4.69, 9.17) is 14.2 Å². The summed E-state index contributed by atoms with van der Waals surface area (Å²) in [4.78, 5) is 10.8. The Hall–Kier alpha value is -0.810. The second-order valence-corrected chi connectivity index (χ2v) is 3.82. The summed E-state index contributed by atoms with van der Waals surface area (Å²) in [6.07, 6.45) is 3.32. The lowest BCUT2D eigenvalue weighted by Gasteiger charge is -2.06. The Balaban J connectivity index is 3.01. The van der Waals surface area contributed by atoms with E-state index in [1.807, 2.05) is 0 Å². The predicted octanol–water partition coefficient (Wildman–Crippen LogP) is 2.77. The van der Waals surface area contributed by atoms with E-state index in [-0.39, 0.29) is 0 Å². The van der Waals surface area contributed by atoms with Crippen LogP contribution in [0.3, 0.4) is 0 Å². The van der Waals surface area contributed by atoms with Crippen LogP contribution in [0.4, 0.5) is 4.79 Å². The SMILES string of the molecule is CCCCOCCOCCCCOC(=O)OCC. The minimum atomic E-state index is -0.595. The van der Waals surface area contributed by atoms with Crippen LogP contribution in [0.5, 0.6) is 0 Å². The van der Waals surface area contributed by atoms with Gasteiger partial charge in [-0.15, -0.1) is 0 Å². The molecule has 0 radical (unpaired) electrons. The number of carbonyl (C=O) groups is 1. The van der Waals surface area contributed by atoms with Crippen molar-refractivity contribution in [2.75, 3.05) is 39.6 Å². The summed E-state index contributed by atoms with van der Waals surface area (Å²) in [7, 11) is 0. The highest BCUT2D eigenvalue weighted by Gasteiger charge is 2.00. The van der Waals surface area contributed by atoms with Crippen LogP contribution < -0.4 is 0 Å². The van der Waals surface area contributed by atoms with Gasteiger partial charge in [-0.25, -0.2) is 4.79 Å². The minimum Gasteiger partial charge on any atom is -0.435 e. The smallest absolute Gasteiger partial charge is 0.435 e. The fraction of sp³-hybridized carbons (Fsp3) is 0.923. The average Bonchev–Trinajstić information content (AvgIpc) is 2.36. The average molecular weight is 262 g/mol. The van der Waals surface area contributed by atoms with E-state index < -0.39 is 6.16 Å². The molecule has 0 aliphatic heterocycles. The van der Waals surface area contributed by atoms with Gasteiger partial charge >= 0.3 is 6.16 Å². The maximum absolute atomic E-state index is 10.8. The molecule has 0 amide bonds. The Morgan fingerprint density at radius 3 is 2.00 bits per heavy atom. The lowest BCUT2D eigenvalue weighted by Crippen LogP contribution is -2.09. The van der Waals surface area contributed by atoms with E-state index in [1.165, 1.54) is 0 Å². The lowest BCUT2D eigenvalue weighted by atomic mass is 10.3. The van der Waals surface area contributed by atoms with E-state index in [0.717, 1.165) is 32.3 Å². The van der Waals surface area contributed by atoms with Crippen LogP contribution in [0, 0.1) is 0 Å². The minimum absolute atomic E-state index is 0.347. The van der Waals surface area contributed by atoms with Crippen molar-refractivity contribution in [1.29, 1.82) is 0 Å². The zero-order chi connectivity index (χ0) is 13.5. The normalized spacial score (nSPS) is 10.3. The predicted molar refractivity (Wildman–Crippen MR) is 68.8 cm³/mol. The number of ether oxygens (including phenoxy) is 4. The highest BCUT2D eigenvalue weighted by atomic mass is 16.7. The third kappa shape index (κ3) is 13.3. The van der Waals surface area contributed by atoms with Crippen molar-refractivity contribution in [1.82, 2.24) is 0 Å². The van der Waals surface area contributed by atoms with Crippen LogP contribution in [-0.4, -0.2) is 45.8 Å². The summed E-state index contributed by atoms with van der Waals surface area (Å²) in [6, 6.07) is 0. The van der Waals surface area contributed by atoms with Crippen LogP contribution in [0.25, 0.3) is 0 Å². The lowest BCUT2D eigenvalue weighted by molar-refractivity contribution is 0.0390. The van der Waals surface area contributed by atoms with E-state index in [9.17, 15) is 4.79 Å². The molecule has 0 saturated carbocycles. The van der Waals surface area contributed by atoms with E-state index in [2.05, 4.69) is 11.7 Å². The van der Waals surface area contributed by atoms with Crippen LogP contribution >= 0.6 is 0 Å². The molecule has 0 aliphatic carbocycles. The number of hydrogen-bond donors (Lipinski definition) is 0. The van der Waals surface area contributed by atoms with Gasteiger partial charge in [-0.3, -0.25) is 0 Å². The number of rotatable bonds is 12. The maximum Gasteiger partial charge on any atom is 0.508 e. The molecule has 0 bridgehead atoms. The van der Waals surface area contributed by atoms with Crippen molar-refractivity contribution >= 4 is 6.16 Å². The van der Waals surface area contributed by atoms with Crippen molar-refractivity contribution in [3.05, 3.63) is 0 Å². The Kier molecular flexibility index (Phi) is 13.6. The van der Waals surface area contributed by atoms with Gasteiger partial charge in [0.2, 0.25) is 0 Å². The van der Waals surface area contributed by atoms with E-state index in [0.29, 0.717) is 33.0 Å². The molecule has 0 unspecified atom stereocenters. The zero-order valence-electron chi connectivity index (χ0n) is 11.6. The first kappa shape index (κ1) is 17.2. The first-order valence-corrected chi connectivity index (χ1v) is 6.76. The first-order chi connectivity index (χ1) is 8.81. The second-order valence-electron chi connectivity index (χ2n) is 3.82. The van der Waals surface area contributed by atoms with Gasteiger partial charge in [-0.05, 0) is 26.2 Å². The van der Waals surface area contributed by atoms with Crippen molar-refractivity contribution in [2.24, 2.45) is 0 Å². The molecule has 0 atom stereocenters. The van der Waals surface area contributed by atoms with E-state index >= 15 is 0 Å². The molecule has 108 valence electrons. The van der Waals surface area contributed by atoms with Crippen molar-refractivity contribution in [2.45, 2.75) is 39.5 Å². The highest BCUT2D eigenvalue weighted by Crippen LogP contribution is 1.94. The summed E-state index contributed by atoms with van der Waals surface area (Å²) < 4.78 is 20.2. The van der Waals surface area contributed by atoms with Crippen molar-refractivity contribution in [3.8, 4) is 0 Å². The molecular weight excluding hydrogens is 236 g/mol. The topological polar surface area (TPSA) is 54.0 Å². The Bertz CT molecular complexity index is 184. The van der Waals surface area contributed by atoms with Gasteiger partial charge in [-0.1, -0.05) is 13.3 Å². The molecular formula is C13H26O5. The molecule has 0 heterocycles. The third-order valence-corrected chi connectivity index (χ3v) is 2.18. The quantitative estimate of drug-likeness (QED) is 0.400. The van der Waals surface area contributed by atoms with Gasteiger partial charge < -0.3 is 18.9 Å². The third-order valence-electron chi connectivity index (χ3n) is 2.18. The molecule has 0 N–H and O–H groups in total. The molecule has 0 fully saturated rings. The molecule has 0 aromatic carbocycles. The summed E-state index contributed by atoms with van der Waals surface area (Å²) in [5, 5.41) is 0. The van der Waals surface area contributed by atoms with Crippen LogP contribution in [-0.2, 0) is 18.9 Å². The van der Waals surface area contributed by atoms with E-state index in [1.54, 1.807) is 6.92 Å². The van der Waals surface area contributed by atoms with Crippen molar-refractivity contribution < 1.29 is 23.7 Å². The molecule has 0 aliphatic rings. The summed E-state index contributed by atoms with van der Waals surface area (Å²) in [5.41, 5.74) is 0. The second kappa shape index (κ2) is 14.3. The summed E-state index contributed by atoms with van der Waals surface area (Å²) in [5.74, 6) is 0. The van der Waals surface area contributed by atoms with Gasteiger partial charge in [0.25, 0.3) is 0 Å². The van der Waals surface area contributed by atoms with Gasteiger partial charge in [0.05, 0.1) is 26.4 Å². The van der Waals surface area contributed by atoms with Gasteiger partial charge in [0.15, 0.2) is 0 Å². The molecule has 0 saturated heterocycles. The largest absolute Gasteiger partial charge is 0.508 e. The molecule has 5 heteroatoms. The molecule has 0 aromatic heterocycles. The Morgan fingerprint density at radius 2 is 1.39 bits per heavy atom. The Morgan fingerprint density at radius 1 is 0.778 bits per heavy atom. The molecule has 0 aromatic rings. The fourth-order valence-electron chi connectivity index (χ4n) is 1.19.